The minimum absolute atomic E-state index is 0.0907. The molecule has 0 bridgehead atoms. The van der Waals surface area contributed by atoms with E-state index in [4.69, 9.17) is 0 Å². The number of hydrogen-bond acceptors (Lipinski definition) is 2. The highest BCUT2D eigenvalue weighted by atomic mass is 16.2. The van der Waals surface area contributed by atoms with Gasteiger partial charge in [0.15, 0.2) is 0 Å². The van der Waals surface area contributed by atoms with Crippen molar-refractivity contribution >= 4 is 17.5 Å². The molecule has 0 radical (unpaired) electrons. The van der Waals surface area contributed by atoms with Crippen LogP contribution in [0.1, 0.15) is 61.5 Å². The van der Waals surface area contributed by atoms with Crippen molar-refractivity contribution in [2.45, 2.75) is 46.5 Å². The molecule has 2 aromatic rings. The van der Waals surface area contributed by atoms with E-state index in [1.54, 1.807) is 18.2 Å². The molecule has 0 saturated carbocycles. The van der Waals surface area contributed by atoms with Crippen LogP contribution in [-0.4, -0.2) is 18.4 Å². The summed E-state index contributed by atoms with van der Waals surface area (Å²) in [7, 11) is 0. The van der Waals surface area contributed by atoms with Crippen LogP contribution in [0.25, 0.3) is 0 Å². The second-order valence-corrected chi connectivity index (χ2v) is 7.59. The molecule has 0 aliphatic rings. The van der Waals surface area contributed by atoms with E-state index in [9.17, 15) is 9.59 Å². The highest BCUT2D eigenvalue weighted by molar-refractivity contribution is 6.03. The van der Waals surface area contributed by atoms with Gasteiger partial charge in [0, 0.05) is 13.0 Å². The molecule has 27 heavy (non-hydrogen) atoms. The summed E-state index contributed by atoms with van der Waals surface area (Å²) in [5.74, 6) is 0.620. The summed E-state index contributed by atoms with van der Waals surface area (Å²) in [4.78, 5) is 24.7. The average molecular weight is 367 g/mol. The number of para-hydroxylation sites is 1. The van der Waals surface area contributed by atoms with E-state index in [2.05, 4.69) is 48.7 Å². The number of amides is 2. The summed E-state index contributed by atoms with van der Waals surface area (Å²) < 4.78 is 0. The maximum atomic E-state index is 12.4. The Kier molecular flexibility index (Phi) is 7.59. The summed E-state index contributed by atoms with van der Waals surface area (Å²) >= 11 is 0. The first kappa shape index (κ1) is 20.7. The molecular formula is C23H30N2O2. The number of anilines is 1. The minimum Gasteiger partial charge on any atom is -0.352 e. The van der Waals surface area contributed by atoms with Crippen LogP contribution in [0.3, 0.4) is 0 Å². The van der Waals surface area contributed by atoms with Crippen LogP contribution in [0, 0.1) is 5.92 Å². The molecule has 2 rings (SSSR count). The molecule has 0 unspecified atom stereocenters. The predicted octanol–water partition coefficient (Wildman–Crippen LogP) is 4.77. The third-order valence-corrected chi connectivity index (χ3v) is 4.40. The van der Waals surface area contributed by atoms with Crippen molar-refractivity contribution in [3.8, 4) is 0 Å². The van der Waals surface area contributed by atoms with Gasteiger partial charge in [0.05, 0.1) is 11.3 Å². The highest BCUT2D eigenvalue weighted by Gasteiger charge is 2.13. The van der Waals surface area contributed by atoms with Crippen molar-refractivity contribution in [1.82, 2.24) is 5.32 Å². The fourth-order valence-corrected chi connectivity index (χ4v) is 2.72. The summed E-state index contributed by atoms with van der Waals surface area (Å²) in [5, 5.41) is 5.77. The summed E-state index contributed by atoms with van der Waals surface area (Å²) in [6, 6.07) is 15.5. The fourth-order valence-electron chi connectivity index (χ4n) is 2.72. The molecule has 0 aliphatic carbocycles. The lowest BCUT2D eigenvalue weighted by Gasteiger charge is -2.12. The molecule has 0 fully saturated rings. The van der Waals surface area contributed by atoms with Gasteiger partial charge in [-0.1, -0.05) is 64.1 Å². The van der Waals surface area contributed by atoms with E-state index < -0.39 is 0 Å². The zero-order chi connectivity index (χ0) is 19.8. The number of benzene rings is 2. The third kappa shape index (κ3) is 6.55. The van der Waals surface area contributed by atoms with Crippen LogP contribution in [0.2, 0.25) is 0 Å². The number of carbonyl (C=O) groups excluding carboxylic acids is 2. The SMILES string of the molecule is CC(C)CNC(=O)c1ccccc1NC(=O)CCc1ccc(C(C)C)cc1. The van der Waals surface area contributed by atoms with Crippen LogP contribution in [0.4, 0.5) is 5.69 Å². The van der Waals surface area contributed by atoms with Gasteiger partial charge in [-0.3, -0.25) is 9.59 Å². The van der Waals surface area contributed by atoms with Crippen LogP contribution in [0.15, 0.2) is 48.5 Å². The van der Waals surface area contributed by atoms with Gasteiger partial charge in [-0.2, -0.15) is 0 Å². The quantitative estimate of drug-likeness (QED) is 0.707. The first-order valence-electron chi connectivity index (χ1n) is 9.62. The lowest BCUT2D eigenvalue weighted by Crippen LogP contribution is -2.28. The van der Waals surface area contributed by atoms with Gasteiger partial charge in [0.1, 0.15) is 0 Å². The average Bonchev–Trinajstić information content (AvgIpc) is 2.65. The Balaban J connectivity index is 1.94. The van der Waals surface area contributed by atoms with E-state index in [1.807, 2.05) is 19.9 Å². The van der Waals surface area contributed by atoms with Crippen molar-refractivity contribution in [1.29, 1.82) is 0 Å². The molecule has 4 nitrogen and oxygen atoms in total. The molecule has 0 aromatic heterocycles. The molecule has 0 heterocycles. The first-order chi connectivity index (χ1) is 12.9. The van der Waals surface area contributed by atoms with Crippen molar-refractivity contribution < 1.29 is 9.59 Å². The number of rotatable bonds is 8. The summed E-state index contributed by atoms with van der Waals surface area (Å²) in [6.45, 7) is 9.02. The Labute approximate surface area is 162 Å². The highest BCUT2D eigenvalue weighted by Crippen LogP contribution is 2.17. The zero-order valence-electron chi connectivity index (χ0n) is 16.7. The maximum Gasteiger partial charge on any atom is 0.253 e. The molecule has 2 aromatic carbocycles. The van der Waals surface area contributed by atoms with Crippen molar-refractivity contribution in [3.63, 3.8) is 0 Å². The second kappa shape index (κ2) is 9.91. The zero-order valence-corrected chi connectivity index (χ0v) is 16.7. The summed E-state index contributed by atoms with van der Waals surface area (Å²) in [6.07, 6.45) is 1.05. The van der Waals surface area contributed by atoms with Crippen LogP contribution in [0.5, 0.6) is 0 Å². The number of aryl methyl sites for hydroxylation is 1. The van der Waals surface area contributed by atoms with Crippen LogP contribution in [-0.2, 0) is 11.2 Å². The Morgan fingerprint density at radius 3 is 2.22 bits per heavy atom. The maximum absolute atomic E-state index is 12.4. The molecule has 0 atom stereocenters. The monoisotopic (exact) mass is 366 g/mol. The van der Waals surface area contributed by atoms with Crippen molar-refractivity contribution in [2.75, 3.05) is 11.9 Å². The Morgan fingerprint density at radius 1 is 0.926 bits per heavy atom. The van der Waals surface area contributed by atoms with E-state index >= 15 is 0 Å². The van der Waals surface area contributed by atoms with Gasteiger partial charge in [-0.25, -0.2) is 0 Å². The Bertz CT molecular complexity index is 764. The lowest BCUT2D eigenvalue weighted by molar-refractivity contribution is -0.116. The van der Waals surface area contributed by atoms with Gasteiger partial charge in [0.25, 0.3) is 5.91 Å². The standard InChI is InChI=1S/C23H30N2O2/c1-16(2)15-24-23(27)20-7-5-6-8-21(20)25-22(26)14-11-18-9-12-19(13-10-18)17(3)4/h5-10,12-13,16-17H,11,14-15H2,1-4H3,(H,24,27)(H,25,26). The minimum atomic E-state index is -0.163. The van der Waals surface area contributed by atoms with Crippen molar-refractivity contribution in [2.24, 2.45) is 5.92 Å². The van der Waals surface area contributed by atoms with E-state index in [-0.39, 0.29) is 11.8 Å². The topological polar surface area (TPSA) is 58.2 Å². The molecule has 2 amide bonds. The Morgan fingerprint density at radius 2 is 1.59 bits per heavy atom. The largest absolute Gasteiger partial charge is 0.352 e. The van der Waals surface area contributed by atoms with Gasteiger partial charge >= 0.3 is 0 Å². The first-order valence-corrected chi connectivity index (χ1v) is 9.62. The molecule has 0 aliphatic heterocycles. The van der Waals surface area contributed by atoms with E-state index in [1.165, 1.54) is 5.56 Å². The van der Waals surface area contributed by atoms with Gasteiger partial charge < -0.3 is 10.6 Å². The number of nitrogens with one attached hydrogen (secondary N) is 2. The van der Waals surface area contributed by atoms with Gasteiger partial charge in [-0.05, 0) is 41.5 Å². The van der Waals surface area contributed by atoms with Crippen LogP contribution >= 0.6 is 0 Å². The fraction of sp³-hybridized carbons (Fsp3) is 0.391. The number of hydrogen-bond donors (Lipinski definition) is 2. The van der Waals surface area contributed by atoms with E-state index in [0.29, 0.717) is 42.5 Å². The molecule has 144 valence electrons. The van der Waals surface area contributed by atoms with Crippen molar-refractivity contribution in [3.05, 3.63) is 65.2 Å². The molecule has 0 saturated heterocycles. The number of carbonyl (C=O) groups is 2. The smallest absolute Gasteiger partial charge is 0.253 e. The lowest BCUT2D eigenvalue weighted by atomic mass is 10.0. The molecule has 4 heteroatoms. The van der Waals surface area contributed by atoms with E-state index in [0.717, 1.165) is 5.56 Å². The predicted molar refractivity (Wildman–Crippen MR) is 111 cm³/mol. The second-order valence-electron chi connectivity index (χ2n) is 7.59. The molecular weight excluding hydrogens is 336 g/mol. The summed E-state index contributed by atoms with van der Waals surface area (Å²) in [5.41, 5.74) is 3.48. The Hall–Kier alpha value is -2.62. The van der Waals surface area contributed by atoms with Gasteiger partial charge in [0.2, 0.25) is 5.91 Å². The normalized spacial score (nSPS) is 10.9. The molecule has 2 N–H and O–H groups in total. The molecule has 0 spiro atoms. The van der Waals surface area contributed by atoms with Gasteiger partial charge in [-0.15, -0.1) is 0 Å². The van der Waals surface area contributed by atoms with Crippen LogP contribution < -0.4 is 10.6 Å². The third-order valence-electron chi connectivity index (χ3n) is 4.40.